The van der Waals surface area contributed by atoms with Crippen LogP contribution in [0.15, 0.2) is 0 Å². The Morgan fingerprint density at radius 2 is 1.60 bits per heavy atom. The fourth-order valence-electron chi connectivity index (χ4n) is 0.984. The zero-order valence-electron chi connectivity index (χ0n) is 8.24. The van der Waals surface area contributed by atoms with Crippen molar-refractivity contribution in [1.82, 2.24) is 0 Å². The number of hydrogen-bond donors (Lipinski definition) is 0. The van der Waals surface area contributed by atoms with E-state index in [0.717, 1.165) is 0 Å². The largest absolute Gasteiger partial charge is 0.428 e. The van der Waals surface area contributed by atoms with Crippen molar-refractivity contribution < 1.29 is 31.1 Å². The number of alkyl halides is 6. The Hall–Kier alpha value is -0.460. The fraction of sp³-hybridized carbons (Fsp3) is 1.00. The second-order valence-corrected chi connectivity index (χ2v) is 3.18. The van der Waals surface area contributed by atoms with Crippen molar-refractivity contribution in [3.05, 3.63) is 0 Å². The first-order valence-electron chi connectivity index (χ1n) is 4.37. The van der Waals surface area contributed by atoms with E-state index in [4.69, 9.17) is 0 Å². The van der Waals surface area contributed by atoms with Gasteiger partial charge < -0.3 is 4.74 Å². The molecule has 0 aromatic carbocycles. The first-order chi connectivity index (χ1) is 6.61. The van der Waals surface area contributed by atoms with Gasteiger partial charge in [0, 0.05) is 0 Å². The summed E-state index contributed by atoms with van der Waals surface area (Å²) in [5, 5.41) is 0. The average molecular weight is 238 g/mol. The third-order valence-corrected chi connectivity index (χ3v) is 1.64. The molecule has 0 heterocycles. The molecule has 92 valence electrons. The van der Waals surface area contributed by atoms with Crippen molar-refractivity contribution in [1.29, 1.82) is 0 Å². The van der Waals surface area contributed by atoms with Crippen LogP contribution < -0.4 is 0 Å². The minimum atomic E-state index is -5.62. The summed E-state index contributed by atoms with van der Waals surface area (Å²) in [6.07, 6.45) is -15.3. The molecule has 0 bridgehead atoms. The van der Waals surface area contributed by atoms with Crippen LogP contribution in [-0.4, -0.2) is 24.6 Å². The van der Waals surface area contributed by atoms with Crippen LogP contribution in [0.1, 0.15) is 26.7 Å². The maximum atomic E-state index is 12.6. The number of halogens is 6. The van der Waals surface area contributed by atoms with E-state index in [0.29, 0.717) is 6.42 Å². The van der Waals surface area contributed by atoms with Gasteiger partial charge in [0.2, 0.25) is 0 Å². The predicted octanol–water partition coefficient (Wildman–Crippen LogP) is 3.68. The van der Waals surface area contributed by atoms with E-state index in [2.05, 4.69) is 4.74 Å². The molecule has 0 saturated heterocycles. The van der Waals surface area contributed by atoms with Crippen LogP contribution in [0.5, 0.6) is 0 Å². The van der Waals surface area contributed by atoms with Crippen LogP contribution in [0, 0.1) is 0 Å². The molecule has 15 heavy (non-hydrogen) atoms. The molecular formula is C8H12F6O. The lowest BCUT2D eigenvalue weighted by atomic mass is 10.2. The Morgan fingerprint density at radius 1 is 1.13 bits per heavy atom. The van der Waals surface area contributed by atoms with E-state index in [1.165, 1.54) is 6.92 Å². The molecule has 0 N–H and O–H groups in total. The SMILES string of the molecule is CCCC(C)OC(F)(F)C(F)C(F)(F)F. The van der Waals surface area contributed by atoms with Gasteiger partial charge in [-0.05, 0) is 13.3 Å². The van der Waals surface area contributed by atoms with Crippen LogP contribution in [0.25, 0.3) is 0 Å². The number of ether oxygens (including phenoxy) is 1. The maximum Gasteiger partial charge on any atom is 0.428 e. The molecule has 0 aromatic rings. The van der Waals surface area contributed by atoms with Gasteiger partial charge in [-0.2, -0.15) is 22.0 Å². The second kappa shape index (κ2) is 5.05. The standard InChI is InChI=1S/C8H12F6O/c1-3-4-5(2)15-8(13,14)6(9)7(10,11)12/h5-6H,3-4H2,1-2H3. The second-order valence-electron chi connectivity index (χ2n) is 3.18. The molecule has 0 aromatic heterocycles. The maximum absolute atomic E-state index is 12.6. The van der Waals surface area contributed by atoms with Crippen LogP contribution in [-0.2, 0) is 4.74 Å². The normalized spacial score (nSPS) is 17.6. The third kappa shape index (κ3) is 4.72. The van der Waals surface area contributed by atoms with Gasteiger partial charge in [0.05, 0.1) is 6.10 Å². The molecule has 0 aliphatic carbocycles. The highest BCUT2D eigenvalue weighted by Crippen LogP contribution is 2.36. The minimum Gasteiger partial charge on any atom is -0.315 e. The summed E-state index contributed by atoms with van der Waals surface area (Å²) in [5.41, 5.74) is 0. The van der Waals surface area contributed by atoms with Crippen molar-refractivity contribution in [2.24, 2.45) is 0 Å². The molecule has 0 amide bonds. The van der Waals surface area contributed by atoms with Crippen molar-refractivity contribution in [2.45, 2.75) is 51.2 Å². The molecule has 1 nitrogen and oxygen atoms in total. The Bertz CT molecular complexity index is 190. The van der Waals surface area contributed by atoms with E-state index in [-0.39, 0.29) is 6.42 Å². The molecule has 0 fully saturated rings. The first kappa shape index (κ1) is 14.5. The predicted molar refractivity (Wildman–Crippen MR) is 41.4 cm³/mol. The van der Waals surface area contributed by atoms with E-state index >= 15 is 0 Å². The van der Waals surface area contributed by atoms with Crippen molar-refractivity contribution >= 4 is 0 Å². The monoisotopic (exact) mass is 238 g/mol. The Morgan fingerprint density at radius 3 is 1.93 bits per heavy atom. The summed E-state index contributed by atoms with van der Waals surface area (Å²) in [6, 6.07) is 0. The highest BCUT2D eigenvalue weighted by atomic mass is 19.4. The minimum absolute atomic E-state index is 0.139. The van der Waals surface area contributed by atoms with Gasteiger partial charge in [0.1, 0.15) is 0 Å². The van der Waals surface area contributed by atoms with E-state index in [9.17, 15) is 26.3 Å². The molecule has 0 spiro atoms. The van der Waals surface area contributed by atoms with Gasteiger partial charge in [-0.3, -0.25) is 0 Å². The zero-order valence-corrected chi connectivity index (χ0v) is 8.24. The van der Waals surface area contributed by atoms with Gasteiger partial charge in [0.15, 0.2) is 0 Å². The van der Waals surface area contributed by atoms with Gasteiger partial charge in [-0.25, -0.2) is 4.39 Å². The average Bonchev–Trinajstić information content (AvgIpc) is 2.00. The summed E-state index contributed by atoms with van der Waals surface area (Å²) in [7, 11) is 0. The molecule has 0 radical (unpaired) electrons. The number of hydrogen-bond acceptors (Lipinski definition) is 1. The van der Waals surface area contributed by atoms with Crippen molar-refractivity contribution in [3.63, 3.8) is 0 Å². The van der Waals surface area contributed by atoms with Crippen LogP contribution in [0.2, 0.25) is 0 Å². The quantitative estimate of drug-likeness (QED) is 0.664. The Kier molecular flexibility index (Phi) is 4.89. The zero-order chi connectivity index (χ0) is 12.3. The van der Waals surface area contributed by atoms with Crippen LogP contribution >= 0.6 is 0 Å². The Balaban J connectivity index is 4.40. The first-order valence-corrected chi connectivity index (χ1v) is 4.37. The van der Waals surface area contributed by atoms with Gasteiger partial charge in [0.25, 0.3) is 6.17 Å². The lowest BCUT2D eigenvalue weighted by Gasteiger charge is -2.25. The molecule has 2 unspecified atom stereocenters. The Labute approximate surface area is 83.4 Å². The molecule has 0 rings (SSSR count). The molecular weight excluding hydrogens is 226 g/mol. The highest BCUT2D eigenvalue weighted by molar-refractivity contribution is 4.76. The van der Waals surface area contributed by atoms with Gasteiger partial charge in [-0.15, -0.1) is 0 Å². The molecule has 7 heteroatoms. The molecule has 2 atom stereocenters. The lowest BCUT2D eigenvalue weighted by molar-refractivity contribution is -0.346. The molecule has 0 saturated carbocycles. The van der Waals surface area contributed by atoms with Gasteiger partial charge >= 0.3 is 12.3 Å². The summed E-state index contributed by atoms with van der Waals surface area (Å²) in [6.45, 7) is 2.81. The van der Waals surface area contributed by atoms with Crippen LogP contribution in [0.3, 0.4) is 0 Å². The highest BCUT2D eigenvalue weighted by Gasteiger charge is 2.58. The van der Waals surface area contributed by atoms with E-state index in [1.54, 1.807) is 6.92 Å². The summed E-state index contributed by atoms with van der Waals surface area (Å²) < 4.78 is 76.1. The summed E-state index contributed by atoms with van der Waals surface area (Å²) in [4.78, 5) is 0. The van der Waals surface area contributed by atoms with Crippen molar-refractivity contribution in [2.75, 3.05) is 0 Å². The fourth-order valence-corrected chi connectivity index (χ4v) is 0.984. The van der Waals surface area contributed by atoms with Gasteiger partial charge in [-0.1, -0.05) is 13.3 Å². The topological polar surface area (TPSA) is 9.23 Å². The third-order valence-electron chi connectivity index (χ3n) is 1.64. The van der Waals surface area contributed by atoms with Crippen molar-refractivity contribution in [3.8, 4) is 0 Å². The van der Waals surface area contributed by atoms with E-state index in [1.807, 2.05) is 0 Å². The summed E-state index contributed by atoms with van der Waals surface area (Å²) in [5.74, 6) is 0. The smallest absolute Gasteiger partial charge is 0.315 e. The summed E-state index contributed by atoms with van der Waals surface area (Å²) >= 11 is 0. The van der Waals surface area contributed by atoms with Crippen LogP contribution in [0.4, 0.5) is 26.3 Å². The lowest BCUT2D eigenvalue weighted by Crippen LogP contribution is -2.45. The van der Waals surface area contributed by atoms with E-state index < -0.39 is 24.6 Å². The molecule has 0 aliphatic heterocycles. The molecule has 0 aliphatic rings. The number of rotatable bonds is 5.